The summed E-state index contributed by atoms with van der Waals surface area (Å²) in [7, 11) is 0. The van der Waals surface area contributed by atoms with E-state index in [2.05, 4.69) is 39.7 Å². The van der Waals surface area contributed by atoms with Crippen molar-refractivity contribution in [1.29, 1.82) is 0 Å². The Morgan fingerprint density at radius 1 is 0.958 bits per heavy atom. The van der Waals surface area contributed by atoms with Crippen LogP contribution >= 0.6 is 0 Å². The summed E-state index contributed by atoms with van der Waals surface area (Å²) in [6.07, 6.45) is 14.0. The summed E-state index contributed by atoms with van der Waals surface area (Å²) >= 11 is 0. The zero-order valence-corrected chi connectivity index (χ0v) is 16.7. The van der Waals surface area contributed by atoms with Gasteiger partial charge in [0, 0.05) is 0 Å². The third kappa shape index (κ3) is 3.18. The molecule has 0 saturated heterocycles. The second-order valence-corrected chi connectivity index (χ2v) is 8.52. The molecule has 4 aliphatic carbocycles. The zero-order chi connectivity index (χ0) is 17.9. The minimum Gasteiger partial charge on any atom is -0.106 e. The first-order valence-electron chi connectivity index (χ1n) is 10.5. The van der Waals surface area contributed by atoms with Gasteiger partial charge in [0.2, 0.25) is 0 Å². The molecule has 0 aromatic heterocycles. The van der Waals surface area contributed by atoms with Gasteiger partial charge < -0.3 is 0 Å². The first kappa shape index (κ1) is 19.5. The van der Waals surface area contributed by atoms with Crippen molar-refractivity contribution in [3.8, 4) is 0 Å². The van der Waals surface area contributed by atoms with Crippen molar-refractivity contribution in [3.05, 3.63) is 37.0 Å². The van der Waals surface area contributed by atoms with Gasteiger partial charge in [0.15, 0.2) is 0 Å². The highest BCUT2D eigenvalue weighted by atomic mass is 14.6. The molecule has 4 aliphatic rings. The molecule has 0 heteroatoms. The predicted molar refractivity (Wildman–Crippen MR) is 108 cm³/mol. The lowest BCUT2D eigenvalue weighted by atomic mass is 9.51. The van der Waals surface area contributed by atoms with Crippen LogP contribution in [-0.4, -0.2) is 0 Å². The number of hydrogen-bond acceptors (Lipinski definition) is 0. The van der Waals surface area contributed by atoms with Crippen LogP contribution in [0.15, 0.2) is 37.0 Å². The van der Waals surface area contributed by atoms with Gasteiger partial charge >= 0.3 is 0 Å². The molecular formula is C24H40. The van der Waals surface area contributed by atoms with Crippen molar-refractivity contribution in [2.24, 2.45) is 35.0 Å². The number of rotatable bonds is 0. The van der Waals surface area contributed by atoms with E-state index in [0.29, 0.717) is 5.41 Å². The predicted octanol–water partition coefficient (Wildman–Crippen LogP) is 7.58. The van der Waals surface area contributed by atoms with Crippen LogP contribution in [0, 0.1) is 35.0 Å². The van der Waals surface area contributed by atoms with Crippen LogP contribution in [0.4, 0.5) is 0 Å². The molecule has 4 rings (SSSR count). The minimum atomic E-state index is 0.681. The third-order valence-electron chi connectivity index (χ3n) is 7.89. The average molecular weight is 329 g/mol. The number of fused-ring (bicyclic) bond motifs is 5. The van der Waals surface area contributed by atoms with E-state index in [-0.39, 0.29) is 0 Å². The molecule has 136 valence electrons. The maximum atomic E-state index is 4.21. The van der Waals surface area contributed by atoms with Crippen molar-refractivity contribution in [2.75, 3.05) is 0 Å². The molecule has 0 aliphatic heterocycles. The minimum absolute atomic E-state index is 0.681. The molecule has 0 bridgehead atoms. The van der Waals surface area contributed by atoms with Gasteiger partial charge in [0.05, 0.1) is 0 Å². The Kier molecular flexibility index (Phi) is 6.57. The smallest absolute Gasteiger partial charge is 0.0166 e. The lowest BCUT2D eigenvalue weighted by molar-refractivity contribution is -0.0174. The molecule has 3 fully saturated rings. The second kappa shape index (κ2) is 8.07. The molecule has 0 N–H and O–H groups in total. The van der Waals surface area contributed by atoms with Crippen LogP contribution in [-0.2, 0) is 0 Å². The fraction of sp³-hybridized carbons (Fsp3) is 0.750. The van der Waals surface area contributed by atoms with Crippen molar-refractivity contribution in [2.45, 2.75) is 79.1 Å². The van der Waals surface area contributed by atoms with Gasteiger partial charge in [-0.3, -0.25) is 0 Å². The van der Waals surface area contributed by atoms with Crippen molar-refractivity contribution < 1.29 is 0 Å². The molecular weight excluding hydrogens is 288 g/mol. The highest BCUT2D eigenvalue weighted by molar-refractivity contribution is 5.29. The van der Waals surface area contributed by atoms with E-state index < -0.39 is 0 Å². The van der Waals surface area contributed by atoms with Gasteiger partial charge in [-0.25, -0.2) is 0 Å². The highest BCUT2D eigenvalue weighted by Gasteiger charge is 2.54. The highest BCUT2D eigenvalue weighted by Crippen LogP contribution is 2.63. The molecule has 0 heterocycles. The normalized spacial score (nSPS) is 42.9. The summed E-state index contributed by atoms with van der Waals surface area (Å²) in [5.74, 6) is 5.01. The summed E-state index contributed by atoms with van der Waals surface area (Å²) in [4.78, 5) is 0. The number of hydrogen-bond donors (Lipinski definition) is 0. The van der Waals surface area contributed by atoms with E-state index in [9.17, 15) is 0 Å². The maximum Gasteiger partial charge on any atom is -0.0166 e. The van der Waals surface area contributed by atoms with E-state index in [1.165, 1.54) is 56.9 Å². The van der Waals surface area contributed by atoms with Gasteiger partial charge in [-0.05, 0) is 86.4 Å². The summed E-state index contributed by atoms with van der Waals surface area (Å²) in [6, 6.07) is 0. The first-order valence-corrected chi connectivity index (χ1v) is 10.5. The van der Waals surface area contributed by atoms with E-state index in [1.807, 2.05) is 13.8 Å². The molecule has 0 nitrogen and oxygen atoms in total. The molecule has 0 aromatic rings. The third-order valence-corrected chi connectivity index (χ3v) is 7.89. The Balaban J connectivity index is 0.000000487. The summed E-state index contributed by atoms with van der Waals surface area (Å²) < 4.78 is 0. The molecule has 0 amide bonds. The van der Waals surface area contributed by atoms with Gasteiger partial charge in [-0.1, -0.05) is 51.5 Å². The molecule has 0 spiro atoms. The van der Waals surface area contributed by atoms with Gasteiger partial charge in [0.25, 0.3) is 0 Å². The lowest BCUT2D eigenvalue weighted by Crippen LogP contribution is -2.45. The Labute approximate surface area is 151 Å². The van der Waals surface area contributed by atoms with Gasteiger partial charge in [-0.15, -0.1) is 13.2 Å². The maximum absolute atomic E-state index is 4.21. The zero-order valence-electron chi connectivity index (χ0n) is 16.7. The van der Waals surface area contributed by atoms with E-state index >= 15 is 0 Å². The van der Waals surface area contributed by atoms with Crippen LogP contribution in [0.2, 0.25) is 0 Å². The standard InChI is InChI=1S/C20H30.C2H6.C2H4/c1-13-4-7-16-15(12-13)6-8-18-17(16)10-11-20(3)14(2)5-9-19(18)20;2*1-2/h12,14,16-19H,1,4-11H2,2-3H3;1-2H3;1-2H2. The van der Waals surface area contributed by atoms with Crippen LogP contribution in [0.3, 0.4) is 0 Å². The van der Waals surface area contributed by atoms with Crippen LogP contribution in [0.1, 0.15) is 79.1 Å². The monoisotopic (exact) mass is 328 g/mol. The Morgan fingerprint density at radius 3 is 2.38 bits per heavy atom. The summed E-state index contributed by atoms with van der Waals surface area (Å²) in [5, 5.41) is 0. The molecule has 0 radical (unpaired) electrons. The van der Waals surface area contributed by atoms with Crippen LogP contribution in [0.5, 0.6) is 0 Å². The molecule has 0 aromatic carbocycles. The van der Waals surface area contributed by atoms with Crippen molar-refractivity contribution in [3.63, 3.8) is 0 Å². The Morgan fingerprint density at radius 2 is 1.67 bits per heavy atom. The topological polar surface area (TPSA) is 0 Å². The first-order chi connectivity index (χ1) is 11.6. The lowest BCUT2D eigenvalue weighted by Gasteiger charge is -2.54. The van der Waals surface area contributed by atoms with Crippen molar-refractivity contribution in [1.82, 2.24) is 0 Å². The molecule has 6 unspecified atom stereocenters. The quantitative estimate of drug-likeness (QED) is 0.402. The van der Waals surface area contributed by atoms with Gasteiger partial charge in [-0.2, -0.15) is 0 Å². The van der Waals surface area contributed by atoms with E-state index in [1.54, 1.807) is 5.57 Å². The van der Waals surface area contributed by atoms with E-state index in [0.717, 1.165) is 29.6 Å². The molecule has 24 heavy (non-hydrogen) atoms. The summed E-state index contributed by atoms with van der Waals surface area (Å²) in [5.41, 5.74) is 3.85. The average Bonchev–Trinajstić information content (AvgIpc) is 2.93. The van der Waals surface area contributed by atoms with Crippen LogP contribution in [0.25, 0.3) is 0 Å². The van der Waals surface area contributed by atoms with E-state index in [4.69, 9.17) is 0 Å². The Bertz CT molecular complexity index is 470. The SMILES string of the molecule is C=C.C=C1C=C2CCC3C(CCC4(C)C(C)CCC34)C2CC1.CC. The molecule has 6 atom stereocenters. The molecule has 3 saturated carbocycles. The van der Waals surface area contributed by atoms with Crippen LogP contribution < -0.4 is 0 Å². The fourth-order valence-corrected chi connectivity index (χ4v) is 6.54. The second-order valence-electron chi connectivity index (χ2n) is 8.52. The fourth-order valence-electron chi connectivity index (χ4n) is 6.54. The summed E-state index contributed by atoms with van der Waals surface area (Å²) in [6.45, 7) is 19.4. The number of allylic oxidation sites excluding steroid dienone is 3. The largest absolute Gasteiger partial charge is 0.106 e. The van der Waals surface area contributed by atoms with Gasteiger partial charge in [0.1, 0.15) is 0 Å². The Hall–Kier alpha value is -0.780. The van der Waals surface area contributed by atoms with Crippen molar-refractivity contribution >= 4 is 0 Å².